The highest BCUT2D eigenvalue weighted by atomic mass is 19.1. The highest BCUT2D eigenvalue weighted by Gasteiger charge is 2.32. The smallest absolute Gasteiger partial charge is 0.307 e. The molecule has 2 fully saturated rings. The van der Waals surface area contributed by atoms with E-state index in [1.807, 2.05) is 19.9 Å². The Morgan fingerprint density at radius 1 is 0.980 bits per heavy atom. The molecular formula is C42H58F2N4O3. The number of carbonyl (C=O) groups is 1. The summed E-state index contributed by atoms with van der Waals surface area (Å²) < 4.78 is 28.2. The molecule has 0 spiro atoms. The van der Waals surface area contributed by atoms with Crippen LogP contribution in [0.25, 0.3) is 11.1 Å². The molecule has 51 heavy (non-hydrogen) atoms. The third-order valence-electron chi connectivity index (χ3n) is 10.4. The van der Waals surface area contributed by atoms with E-state index >= 15 is 0 Å². The summed E-state index contributed by atoms with van der Waals surface area (Å²) in [5.41, 5.74) is 9.93. The van der Waals surface area contributed by atoms with Crippen molar-refractivity contribution in [3.8, 4) is 11.1 Å². The Bertz CT molecular complexity index is 1690. The fraction of sp³-hybridized carbons (Fsp3) is 0.571. The zero-order valence-electron chi connectivity index (χ0n) is 31.8. The summed E-state index contributed by atoms with van der Waals surface area (Å²) in [6, 6.07) is 11.7. The van der Waals surface area contributed by atoms with Gasteiger partial charge in [0.05, 0.1) is 23.4 Å². The Hall–Kier alpha value is -3.40. The number of carboxylic acid groups (broad SMARTS) is 1. The van der Waals surface area contributed by atoms with Crippen LogP contribution in [0.4, 0.5) is 14.5 Å². The van der Waals surface area contributed by atoms with Gasteiger partial charge in [-0.05, 0) is 119 Å². The van der Waals surface area contributed by atoms with Crippen LogP contribution in [-0.4, -0.2) is 75.5 Å². The van der Waals surface area contributed by atoms with E-state index in [4.69, 9.17) is 10.1 Å². The number of anilines is 1. The summed E-state index contributed by atoms with van der Waals surface area (Å²) in [4.78, 5) is 24.3. The van der Waals surface area contributed by atoms with Gasteiger partial charge in [-0.15, -0.1) is 0 Å². The molecular weight excluding hydrogens is 646 g/mol. The molecule has 3 aliphatic rings. The predicted molar refractivity (Wildman–Crippen MR) is 201 cm³/mol. The minimum atomic E-state index is -0.861. The number of aliphatic hydroxyl groups is 1. The highest BCUT2D eigenvalue weighted by molar-refractivity contribution is 5.87. The number of hydrogen-bond donors (Lipinski definition) is 2. The van der Waals surface area contributed by atoms with Crippen molar-refractivity contribution >= 4 is 11.7 Å². The first-order valence-electron chi connectivity index (χ1n) is 18.6. The first-order chi connectivity index (χ1) is 24.0. The second kappa shape index (κ2) is 16.1. The van der Waals surface area contributed by atoms with Crippen molar-refractivity contribution < 1.29 is 23.8 Å². The van der Waals surface area contributed by atoms with Crippen LogP contribution in [0.5, 0.6) is 0 Å². The number of benzene rings is 2. The van der Waals surface area contributed by atoms with Gasteiger partial charge in [0.15, 0.2) is 0 Å². The van der Waals surface area contributed by atoms with Crippen LogP contribution in [0.3, 0.4) is 0 Å². The maximum absolute atomic E-state index is 14.5. The van der Waals surface area contributed by atoms with Crippen molar-refractivity contribution in [2.45, 2.75) is 118 Å². The SMILES string of the molecule is CC(C)(C)O.Cc1cc(F)ccc1CN1CCc2cc(-c3c(CN4CCCC(F)C4)nc(C)c(CC(=O)O)c3N3CCC(C)(C)CC3)ccc2C1. The van der Waals surface area contributed by atoms with Crippen molar-refractivity contribution in [3.05, 3.63) is 81.4 Å². The molecule has 4 heterocycles. The average Bonchev–Trinajstić information content (AvgIpc) is 3.02. The van der Waals surface area contributed by atoms with Crippen LogP contribution in [-0.2, 0) is 37.3 Å². The molecule has 1 unspecified atom stereocenters. The second-order valence-electron chi connectivity index (χ2n) is 16.7. The average molecular weight is 705 g/mol. The van der Waals surface area contributed by atoms with E-state index in [0.29, 0.717) is 19.5 Å². The molecule has 9 heteroatoms. The third-order valence-corrected chi connectivity index (χ3v) is 10.4. The lowest BCUT2D eigenvalue weighted by molar-refractivity contribution is -0.136. The van der Waals surface area contributed by atoms with E-state index in [9.17, 15) is 18.7 Å². The lowest BCUT2D eigenvalue weighted by Gasteiger charge is -2.41. The lowest BCUT2D eigenvalue weighted by Crippen LogP contribution is -2.39. The number of alkyl halides is 1. The Labute approximate surface area is 303 Å². The van der Waals surface area contributed by atoms with Gasteiger partial charge in [0.2, 0.25) is 0 Å². The van der Waals surface area contributed by atoms with Gasteiger partial charge in [-0.1, -0.05) is 38.1 Å². The summed E-state index contributed by atoms with van der Waals surface area (Å²) in [5.74, 6) is -1.06. The van der Waals surface area contributed by atoms with Crippen molar-refractivity contribution in [2.24, 2.45) is 5.41 Å². The standard InChI is InChI=1S/C38H48F2N4O2.C4H10O/c1-25-18-31(39)10-9-29(25)21-43-15-11-27-19-28(7-8-30(27)22-43)36-34(24-42-14-5-6-32(40)23-42)41-26(2)33(20-35(45)46)37(36)44-16-12-38(3,4)13-17-44;1-4(2,3)5/h7-10,18-19,32H,5-6,11-17,20-24H2,1-4H3,(H,45,46);5H,1-3H3. The molecule has 1 atom stereocenters. The molecule has 278 valence electrons. The molecule has 3 aromatic rings. The van der Waals surface area contributed by atoms with Crippen LogP contribution in [0.15, 0.2) is 36.4 Å². The van der Waals surface area contributed by atoms with Gasteiger partial charge in [0.25, 0.3) is 0 Å². The fourth-order valence-electron chi connectivity index (χ4n) is 7.58. The van der Waals surface area contributed by atoms with E-state index in [0.717, 1.165) is 110 Å². The first-order valence-corrected chi connectivity index (χ1v) is 18.6. The Morgan fingerprint density at radius 3 is 2.33 bits per heavy atom. The minimum absolute atomic E-state index is 0.0830. The van der Waals surface area contributed by atoms with Gasteiger partial charge >= 0.3 is 5.97 Å². The number of likely N-dealkylation sites (tertiary alicyclic amines) is 1. The normalized spacial score (nSPS) is 19.6. The third kappa shape index (κ3) is 10.6. The molecule has 0 bridgehead atoms. The Morgan fingerprint density at radius 2 is 1.69 bits per heavy atom. The van der Waals surface area contributed by atoms with Crippen molar-refractivity contribution in [1.29, 1.82) is 0 Å². The number of piperidine rings is 2. The monoisotopic (exact) mass is 704 g/mol. The molecule has 7 nitrogen and oxygen atoms in total. The summed E-state index contributed by atoms with van der Waals surface area (Å²) in [5, 5.41) is 18.5. The molecule has 1 aromatic heterocycles. The van der Waals surface area contributed by atoms with Gasteiger partial charge < -0.3 is 15.1 Å². The van der Waals surface area contributed by atoms with Crippen molar-refractivity contribution in [2.75, 3.05) is 37.6 Å². The van der Waals surface area contributed by atoms with E-state index in [-0.39, 0.29) is 17.7 Å². The number of fused-ring (bicyclic) bond motifs is 1. The number of aliphatic carboxylic acids is 1. The van der Waals surface area contributed by atoms with Gasteiger partial charge in [0.1, 0.15) is 12.0 Å². The number of nitrogens with zero attached hydrogens (tertiary/aromatic N) is 4. The highest BCUT2D eigenvalue weighted by Crippen LogP contribution is 2.43. The molecule has 0 saturated carbocycles. The number of hydrogen-bond acceptors (Lipinski definition) is 6. The predicted octanol–water partition coefficient (Wildman–Crippen LogP) is 8.03. The molecule has 2 N–H and O–H groups in total. The van der Waals surface area contributed by atoms with Crippen LogP contribution in [0, 0.1) is 25.1 Å². The van der Waals surface area contributed by atoms with Gasteiger partial charge in [-0.25, -0.2) is 8.78 Å². The van der Waals surface area contributed by atoms with E-state index in [1.54, 1.807) is 26.8 Å². The summed E-state index contributed by atoms with van der Waals surface area (Å²) in [6.07, 6.45) is 3.46. The van der Waals surface area contributed by atoms with Crippen LogP contribution in [0.2, 0.25) is 0 Å². The van der Waals surface area contributed by atoms with E-state index < -0.39 is 17.7 Å². The molecule has 0 radical (unpaired) electrons. The van der Waals surface area contributed by atoms with Crippen LogP contribution >= 0.6 is 0 Å². The second-order valence-corrected chi connectivity index (χ2v) is 16.7. The first kappa shape index (κ1) is 38.8. The fourth-order valence-corrected chi connectivity index (χ4v) is 7.58. The van der Waals surface area contributed by atoms with Crippen molar-refractivity contribution in [3.63, 3.8) is 0 Å². The Balaban J connectivity index is 0.000000943. The van der Waals surface area contributed by atoms with Crippen molar-refractivity contribution in [1.82, 2.24) is 14.8 Å². The number of aryl methyl sites for hydroxylation is 2. The number of aromatic nitrogens is 1. The topological polar surface area (TPSA) is 80.1 Å². The number of pyridine rings is 1. The largest absolute Gasteiger partial charge is 0.481 e. The summed E-state index contributed by atoms with van der Waals surface area (Å²) in [6.45, 7) is 19.7. The van der Waals surface area contributed by atoms with Gasteiger partial charge in [0, 0.05) is 62.6 Å². The quantitative estimate of drug-likeness (QED) is 0.246. The van der Waals surface area contributed by atoms with E-state index in [2.05, 4.69) is 46.7 Å². The Kier molecular flexibility index (Phi) is 12.2. The van der Waals surface area contributed by atoms with Crippen LogP contribution < -0.4 is 4.90 Å². The maximum Gasteiger partial charge on any atom is 0.307 e. The number of rotatable bonds is 8. The lowest BCUT2D eigenvalue weighted by atomic mass is 9.81. The van der Waals surface area contributed by atoms with Gasteiger partial charge in [-0.2, -0.15) is 0 Å². The van der Waals surface area contributed by atoms with E-state index in [1.165, 1.54) is 17.2 Å². The molecule has 6 rings (SSSR count). The molecule has 0 amide bonds. The number of halogens is 2. The van der Waals surface area contributed by atoms with Crippen LogP contribution in [0.1, 0.15) is 99.5 Å². The summed E-state index contributed by atoms with van der Waals surface area (Å²) in [7, 11) is 0. The van der Waals surface area contributed by atoms with Gasteiger partial charge in [-0.3, -0.25) is 19.6 Å². The molecule has 2 aromatic carbocycles. The molecule has 0 aliphatic carbocycles. The maximum atomic E-state index is 14.5. The number of carboxylic acids is 1. The zero-order chi connectivity index (χ0) is 37.1. The molecule has 3 aliphatic heterocycles. The molecule has 2 saturated heterocycles. The zero-order valence-corrected chi connectivity index (χ0v) is 31.8. The minimum Gasteiger partial charge on any atom is -0.481 e. The summed E-state index contributed by atoms with van der Waals surface area (Å²) >= 11 is 0.